The van der Waals surface area contributed by atoms with Crippen LogP contribution < -0.4 is 9.64 Å². The lowest BCUT2D eigenvalue weighted by Gasteiger charge is -2.28. The fourth-order valence-electron chi connectivity index (χ4n) is 3.45. The molecule has 1 fully saturated rings. The van der Waals surface area contributed by atoms with E-state index in [0.717, 1.165) is 41.9 Å². The predicted molar refractivity (Wildman–Crippen MR) is 87.5 cm³/mol. The average Bonchev–Trinajstić information content (AvgIpc) is 3.23. The summed E-state index contributed by atoms with van der Waals surface area (Å²) in [4.78, 5) is 2.32. The highest BCUT2D eigenvalue weighted by molar-refractivity contribution is 5.61. The monoisotopic (exact) mass is 311 g/mol. The second kappa shape index (κ2) is 5.57. The van der Waals surface area contributed by atoms with E-state index in [1.807, 2.05) is 16.8 Å². The first-order valence-electron chi connectivity index (χ1n) is 7.80. The fourth-order valence-corrected chi connectivity index (χ4v) is 3.45. The quantitative estimate of drug-likeness (QED) is 0.736. The van der Waals surface area contributed by atoms with Gasteiger partial charge in [0.1, 0.15) is 11.6 Å². The molecule has 4 rings (SSSR count). The Balaban J connectivity index is 1.75. The van der Waals surface area contributed by atoms with Crippen molar-refractivity contribution in [3.63, 3.8) is 0 Å². The summed E-state index contributed by atoms with van der Waals surface area (Å²) in [5.74, 6) is 0.521. The molecule has 1 aromatic carbocycles. The molecule has 4 nitrogen and oxygen atoms in total. The summed E-state index contributed by atoms with van der Waals surface area (Å²) < 4.78 is 21.0. The first-order valence-corrected chi connectivity index (χ1v) is 7.80. The normalized spacial score (nSPS) is 17.8. The van der Waals surface area contributed by atoms with E-state index < -0.39 is 0 Å². The van der Waals surface area contributed by atoms with E-state index >= 15 is 0 Å². The smallest absolute Gasteiger partial charge is 0.124 e. The van der Waals surface area contributed by atoms with Crippen LogP contribution in [0.2, 0.25) is 0 Å². The van der Waals surface area contributed by atoms with Crippen LogP contribution in [0.15, 0.2) is 48.8 Å². The number of ether oxygens (including phenoxy) is 1. The van der Waals surface area contributed by atoms with Gasteiger partial charge in [0.15, 0.2) is 0 Å². The molecule has 0 amide bonds. The molecule has 1 atom stereocenters. The van der Waals surface area contributed by atoms with Crippen LogP contribution >= 0.6 is 0 Å². The number of pyridine rings is 1. The van der Waals surface area contributed by atoms with Gasteiger partial charge in [-0.15, -0.1) is 0 Å². The number of hydrogen-bond acceptors (Lipinski definition) is 3. The largest absolute Gasteiger partial charge is 0.496 e. The molecule has 1 saturated heterocycles. The number of halogens is 1. The van der Waals surface area contributed by atoms with Crippen molar-refractivity contribution in [2.45, 2.75) is 18.9 Å². The lowest BCUT2D eigenvalue weighted by molar-refractivity contribution is 0.404. The molecule has 5 heteroatoms. The summed E-state index contributed by atoms with van der Waals surface area (Å²) in [6.07, 6.45) is 5.82. The van der Waals surface area contributed by atoms with Gasteiger partial charge in [-0.25, -0.2) is 8.91 Å². The van der Waals surface area contributed by atoms with Gasteiger partial charge in [0.2, 0.25) is 0 Å². The lowest BCUT2D eigenvalue weighted by atomic mass is 10.0. The molecule has 2 aromatic heterocycles. The maximum atomic E-state index is 13.7. The van der Waals surface area contributed by atoms with E-state index in [0.29, 0.717) is 0 Å². The number of nitrogens with zero attached hydrogens (tertiary/aromatic N) is 3. The zero-order chi connectivity index (χ0) is 15.8. The van der Waals surface area contributed by atoms with E-state index in [4.69, 9.17) is 4.74 Å². The highest BCUT2D eigenvalue weighted by Gasteiger charge is 2.29. The summed E-state index contributed by atoms with van der Waals surface area (Å²) in [6, 6.07) is 11.0. The first kappa shape index (κ1) is 14.1. The van der Waals surface area contributed by atoms with Crippen molar-refractivity contribution in [3.05, 3.63) is 60.2 Å². The van der Waals surface area contributed by atoms with Gasteiger partial charge in [0.25, 0.3) is 0 Å². The fraction of sp³-hybridized carbons (Fsp3) is 0.278. The van der Waals surface area contributed by atoms with Crippen molar-refractivity contribution in [1.82, 2.24) is 9.61 Å². The van der Waals surface area contributed by atoms with Crippen LogP contribution in [-0.4, -0.2) is 23.3 Å². The Morgan fingerprint density at radius 3 is 3.00 bits per heavy atom. The summed E-state index contributed by atoms with van der Waals surface area (Å²) in [5.41, 5.74) is 3.10. The summed E-state index contributed by atoms with van der Waals surface area (Å²) in [7, 11) is 1.63. The van der Waals surface area contributed by atoms with Crippen molar-refractivity contribution < 1.29 is 9.13 Å². The van der Waals surface area contributed by atoms with Crippen LogP contribution in [0.3, 0.4) is 0 Å². The molecular formula is C18H18FN3O. The number of methoxy groups -OCH3 is 1. The van der Waals surface area contributed by atoms with Crippen LogP contribution in [0.4, 0.5) is 10.1 Å². The second-order valence-corrected chi connectivity index (χ2v) is 5.82. The highest BCUT2D eigenvalue weighted by atomic mass is 19.1. The third kappa shape index (κ3) is 2.42. The predicted octanol–water partition coefficient (Wildman–Crippen LogP) is 3.82. The van der Waals surface area contributed by atoms with E-state index in [9.17, 15) is 4.39 Å². The van der Waals surface area contributed by atoms with Gasteiger partial charge in [-0.1, -0.05) is 0 Å². The minimum absolute atomic E-state index is 0.131. The van der Waals surface area contributed by atoms with E-state index in [1.165, 1.54) is 6.07 Å². The Bertz CT molecular complexity index is 845. The minimum Gasteiger partial charge on any atom is -0.496 e. The van der Waals surface area contributed by atoms with Crippen molar-refractivity contribution in [1.29, 1.82) is 0 Å². The summed E-state index contributed by atoms with van der Waals surface area (Å²) >= 11 is 0. The van der Waals surface area contributed by atoms with Crippen LogP contribution in [0, 0.1) is 5.82 Å². The van der Waals surface area contributed by atoms with E-state index in [1.54, 1.807) is 25.4 Å². The Morgan fingerprint density at radius 2 is 2.13 bits per heavy atom. The number of benzene rings is 1. The minimum atomic E-state index is -0.223. The van der Waals surface area contributed by atoms with Crippen LogP contribution in [0.5, 0.6) is 5.75 Å². The lowest BCUT2D eigenvalue weighted by Crippen LogP contribution is -2.23. The van der Waals surface area contributed by atoms with Gasteiger partial charge < -0.3 is 9.64 Å². The maximum Gasteiger partial charge on any atom is 0.124 e. The van der Waals surface area contributed by atoms with Crippen LogP contribution in [0.1, 0.15) is 24.4 Å². The van der Waals surface area contributed by atoms with Crippen molar-refractivity contribution in [3.8, 4) is 5.75 Å². The van der Waals surface area contributed by atoms with Gasteiger partial charge in [-0.2, -0.15) is 5.10 Å². The molecule has 0 N–H and O–H groups in total. The van der Waals surface area contributed by atoms with Crippen molar-refractivity contribution in [2.75, 3.05) is 18.6 Å². The zero-order valence-electron chi connectivity index (χ0n) is 12.9. The average molecular weight is 311 g/mol. The molecule has 1 aliphatic heterocycles. The second-order valence-electron chi connectivity index (χ2n) is 5.82. The van der Waals surface area contributed by atoms with Crippen molar-refractivity contribution >= 4 is 11.2 Å². The molecule has 0 saturated carbocycles. The first-order chi connectivity index (χ1) is 11.3. The Hall–Kier alpha value is -2.56. The molecule has 0 aliphatic carbocycles. The maximum absolute atomic E-state index is 13.7. The van der Waals surface area contributed by atoms with Gasteiger partial charge >= 0.3 is 0 Å². The molecule has 0 radical (unpaired) electrons. The topological polar surface area (TPSA) is 29.8 Å². The molecular weight excluding hydrogens is 293 g/mol. The van der Waals surface area contributed by atoms with E-state index in [-0.39, 0.29) is 11.9 Å². The molecule has 0 bridgehead atoms. The Labute approximate surface area is 134 Å². The van der Waals surface area contributed by atoms with Gasteiger partial charge in [0.05, 0.1) is 18.7 Å². The van der Waals surface area contributed by atoms with Crippen LogP contribution in [0.25, 0.3) is 5.52 Å². The zero-order valence-corrected chi connectivity index (χ0v) is 12.9. The van der Waals surface area contributed by atoms with Gasteiger partial charge in [0, 0.05) is 30.2 Å². The van der Waals surface area contributed by atoms with Gasteiger partial charge in [-0.05, 0) is 49.2 Å². The summed E-state index contributed by atoms with van der Waals surface area (Å²) in [5, 5.41) is 4.23. The van der Waals surface area contributed by atoms with Crippen molar-refractivity contribution in [2.24, 2.45) is 0 Å². The molecule has 0 unspecified atom stereocenters. The number of anilines is 1. The number of aromatic nitrogens is 2. The van der Waals surface area contributed by atoms with Crippen LogP contribution in [-0.2, 0) is 0 Å². The third-order valence-electron chi connectivity index (χ3n) is 4.52. The third-order valence-corrected chi connectivity index (χ3v) is 4.52. The number of hydrogen-bond donors (Lipinski definition) is 0. The number of rotatable bonds is 3. The van der Waals surface area contributed by atoms with Gasteiger partial charge in [-0.3, -0.25) is 0 Å². The molecule has 118 valence electrons. The standard InChI is InChI=1S/C18H18FN3O/c1-23-18-5-4-13(19)11-16(18)17-3-2-9-21(17)14-7-10-22-15(12-14)6-8-20-22/h4-8,10-12,17H,2-3,9H2,1H3/t17-/m1/s1. The molecule has 3 heterocycles. The Kier molecular flexibility index (Phi) is 3.41. The molecule has 23 heavy (non-hydrogen) atoms. The molecule has 3 aromatic rings. The SMILES string of the molecule is COc1ccc(F)cc1[C@H]1CCCN1c1ccn2nccc2c1. The molecule has 1 aliphatic rings. The number of fused-ring (bicyclic) bond motifs is 1. The highest BCUT2D eigenvalue weighted by Crippen LogP contribution is 2.40. The van der Waals surface area contributed by atoms with E-state index in [2.05, 4.69) is 22.1 Å². The molecule has 0 spiro atoms. The Morgan fingerprint density at radius 1 is 1.22 bits per heavy atom. The summed E-state index contributed by atoms with van der Waals surface area (Å²) in [6.45, 7) is 0.953.